The third-order valence-electron chi connectivity index (χ3n) is 6.05. The first-order chi connectivity index (χ1) is 12.7. The van der Waals surface area contributed by atoms with Crippen LogP contribution in [0.25, 0.3) is 11.1 Å². The van der Waals surface area contributed by atoms with Crippen molar-refractivity contribution in [3.8, 4) is 0 Å². The molecule has 2 aromatic carbocycles. The van der Waals surface area contributed by atoms with E-state index in [1.54, 1.807) is 12.1 Å². The second-order valence-corrected chi connectivity index (χ2v) is 9.86. The molecule has 0 heterocycles. The predicted molar refractivity (Wildman–Crippen MR) is 103 cm³/mol. The number of sulfone groups is 1. The van der Waals surface area contributed by atoms with Crippen LogP contribution < -0.4 is 0 Å². The van der Waals surface area contributed by atoms with Crippen molar-refractivity contribution in [2.24, 2.45) is 5.41 Å². The highest BCUT2D eigenvalue weighted by Gasteiger charge is 2.48. The van der Waals surface area contributed by atoms with Crippen molar-refractivity contribution < 1.29 is 17.2 Å². The lowest BCUT2D eigenvalue weighted by Crippen LogP contribution is -2.11. The summed E-state index contributed by atoms with van der Waals surface area (Å²) >= 11 is 0. The summed E-state index contributed by atoms with van der Waals surface area (Å²) in [5.41, 5.74) is 7.51. The number of hydrogen-bond donors (Lipinski definition) is 0. The van der Waals surface area contributed by atoms with Gasteiger partial charge in [-0.3, -0.25) is 0 Å². The molecule has 2 aromatic rings. The standard InChI is InChI=1S/C22H22F2O2S/c1-14-3-4-17(11-15(14)2)20-13-22(9-10-22)12-19(20)16-5-7-18(8-6-16)27(25,26)21(23)24/h3-8,11,21H,9-10,12-13H2,1-2H3. The molecule has 2 nitrogen and oxygen atoms in total. The summed E-state index contributed by atoms with van der Waals surface area (Å²) in [5.74, 6) is -3.39. The molecule has 2 aliphatic carbocycles. The van der Waals surface area contributed by atoms with Crippen molar-refractivity contribution in [3.05, 3.63) is 64.7 Å². The number of allylic oxidation sites excluding steroid dienone is 2. The minimum absolute atomic E-state index is 0.325. The lowest BCUT2D eigenvalue weighted by Gasteiger charge is -2.11. The van der Waals surface area contributed by atoms with Gasteiger partial charge in [0.1, 0.15) is 0 Å². The lowest BCUT2D eigenvalue weighted by atomic mass is 9.95. The molecule has 1 saturated carbocycles. The first-order valence-electron chi connectivity index (χ1n) is 9.14. The lowest BCUT2D eigenvalue weighted by molar-refractivity contribution is 0.234. The normalized spacial score (nSPS) is 18.6. The quantitative estimate of drug-likeness (QED) is 0.665. The van der Waals surface area contributed by atoms with E-state index in [0.29, 0.717) is 5.41 Å². The number of halogens is 2. The molecular formula is C22H22F2O2S. The Morgan fingerprint density at radius 1 is 0.852 bits per heavy atom. The third kappa shape index (κ3) is 3.22. The Kier molecular flexibility index (Phi) is 4.26. The van der Waals surface area contributed by atoms with Gasteiger partial charge in [0.05, 0.1) is 4.90 Å². The molecule has 2 aliphatic rings. The van der Waals surface area contributed by atoms with Crippen molar-refractivity contribution in [1.29, 1.82) is 0 Å². The average Bonchev–Trinajstić information content (AvgIpc) is 3.28. The maximum absolute atomic E-state index is 12.8. The highest BCUT2D eigenvalue weighted by atomic mass is 32.2. The van der Waals surface area contributed by atoms with Crippen LogP contribution in [0.1, 0.15) is 47.9 Å². The monoisotopic (exact) mass is 388 g/mol. The van der Waals surface area contributed by atoms with Gasteiger partial charge < -0.3 is 0 Å². The van der Waals surface area contributed by atoms with Gasteiger partial charge in [-0.2, -0.15) is 8.78 Å². The van der Waals surface area contributed by atoms with E-state index >= 15 is 0 Å². The fraction of sp³-hybridized carbons (Fsp3) is 0.364. The highest BCUT2D eigenvalue weighted by Crippen LogP contribution is 2.63. The summed E-state index contributed by atoms with van der Waals surface area (Å²) in [5, 5.41) is 0. The topological polar surface area (TPSA) is 34.1 Å². The summed E-state index contributed by atoms with van der Waals surface area (Å²) in [6.45, 7) is 4.19. The van der Waals surface area contributed by atoms with Gasteiger partial charge in [0.2, 0.25) is 9.84 Å². The fourth-order valence-corrected chi connectivity index (χ4v) is 4.71. The molecule has 0 radical (unpaired) electrons. The molecule has 0 atom stereocenters. The van der Waals surface area contributed by atoms with E-state index in [-0.39, 0.29) is 4.90 Å². The van der Waals surface area contributed by atoms with Crippen LogP contribution in [0.3, 0.4) is 0 Å². The van der Waals surface area contributed by atoms with Gasteiger partial charge in [0.25, 0.3) is 0 Å². The smallest absolute Gasteiger partial charge is 0.218 e. The Hall–Kier alpha value is -2.01. The third-order valence-corrected chi connectivity index (χ3v) is 7.44. The zero-order valence-corrected chi connectivity index (χ0v) is 16.2. The summed E-state index contributed by atoms with van der Waals surface area (Å²) in [7, 11) is -4.55. The van der Waals surface area contributed by atoms with E-state index in [2.05, 4.69) is 32.0 Å². The summed E-state index contributed by atoms with van der Waals surface area (Å²) in [4.78, 5) is -0.325. The number of rotatable bonds is 4. The van der Waals surface area contributed by atoms with E-state index in [9.17, 15) is 17.2 Å². The van der Waals surface area contributed by atoms with Gasteiger partial charge in [-0.1, -0.05) is 30.3 Å². The number of hydrogen-bond acceptors (Lipinski definition) is 2. The van der Waals surface area contributed by atoms with Crippen LogP contribution >= 0.6 is 0 Å². The molecule has 0 saturated heterocycles. The molecule has 27 heavy (non-hydrogen) atoms. The zero-order chi connectivity index (χ0) is 19.4. The number of benzene rings is 2. The second-order valence-electron chi connectivity index (χ2n) is 7.94. The number of aryl methyl sites for hydroxylation is 2. The Labute approximate surface area is 158 Å². The van der Waals surface area contributed by atoms with Gasteiger partial charge in [-0.05, 0) is 90.5 Å². The Morgan fingerprint density at radius 3 is 1.93 bits per heavy atom. The molecule has 142 valence electrons. The van der Waals surface area contributed by atoms with Gasteiger partial charge >= 0.3 is 5.76 Å². The Balaban J connectivity index is 1.76. The van der Waals surface area contributed by atoms with Crippen LogP contribution in [0.4, 0.5) is 8.78 Å². The van der Waals surface area contributed by atoms with Gasteiger partial charge in [0.15, 0.2) is 0 Å². The molecule has 0 unspecified atom stereocenters. The van der Waals surface area contributed by atoms with E-state index in [4.69, 9.17) is 0 Å². The second kappa shape index (κ2) is 6.26. The fourth-order valence-electron chi connectivity index (χ4n) is 3.99. The minimum atomic E-state index is -4.55. The minimum Gasteiger partial charge on any atom is -0.218 e. The average molecular weight is 388 g/mol. The molecule has 0 N–H and O–H groups in total. The maximum Gasteiger partial charge on any atom is 0.341 e. The van der Waals surface area contributed by atoms with Crippen molar-refractivity contribution >= 4 is 21.0 Å². The first kappa shape index (κ1) is 18.4. The van der Waals surface area contributed by atoms with E-state index in [0.717, 1.165) is 18.4 Å². The van der Waals surface area contributed by atoms with Gasteiger partial charge in [0, 0.05) is 0 Å². The molecular weight excluding hydrogens is 366 g/mol. The molecule has 4 rings (SSSR count). The molecule has 1 spiro atoms. The molecule has 1 fully saturated rings. The molecule has 0 aliphatic heterocycles. The van der Waals surface area contributed by atoms with Crippen molar-refractivity contribution in [2.75, 3.05) is 0 Å². The van der Waals surface area contributed by atoms with Crippen LogP contribution in [0, 0.1) is 19.3 Å². The van der Waals surface area contributed by atoms with Crippen molar-refractivity contribution in [2.45, 2.75) is 50.2 Å². The van der Waals surface area contributed by atoms with E-state index < -0.39 is 15.6 Å². The van der Waals surface area contributed by atoms with Crippen LogP contribution in [-0.4, -0.2) is 14.2 Å². The van der Waals surface area contributed by atoms with Crippen LogP contribution in [0.2, 0.25) is 0 Å². The van der Waals surface area contributed by atoms with Crippen LogP contribution in [0.15, 0.2) is 47.4 Å². The molecule has 0 bridgehead atoms. The first-order valence-corrected chi connectivity index (χ1v) is 10.7. The summed E-state index contributed by atoms with van der Waals surface area (Å²) in [6.07, 6.45) is 4.42. The van der Waals surface area contributed by atoms with E-state index in [1.165, 1.54) is 52.8 Å². The largest absolute Gasteiger partial charge is 0.341 e. The number of alkyl halides is 2. The molecule has 0 aromatic heterocycles. The van der Waals surface area contributed by atoms with E-state index in [1.807, 2.05) is 0 Å². The Bertz CT molecular complexity index is 1030. The summed E-state index contributed by atoms with van der Waals surface area (Å²) in [6, 6.07) is 12.4. The van der Waals surface area contributed by atoms with Crippen molar-refractivity contribution in [1.82, 2.24) is 0 Å². The maximum atomic E-state index is 12.8. The van der Waals surface area contributed by atoms with Crippen molar-refractivity contribution in [3.63, 3.8) is 0 Å². The Morgan fingerprint density at radius 2 is 1.41 bits per heavy atom. The SMILES string of the molecule is Cc1ccc(C2=C(c3ccc(S(=O)(=O)C(F)F)cc3)CC3(CC3)C2)cc1C. The van der Waals surface area contributed by atoms with Crippen LogP contribution in [0.5, 0.6) is 0 Å². The van der Waals surface area contributed by atoms with Gasteiger partial charge in [-0.25, -0.2) is 8.42 Å². The summed E-state index contributed by atoms with van der Waals surface area (Å²) < 4.78 is 48.9. The zero-order valence-electron chi connectivity index (χ0n) is 15.4. The van der Waals surface area contributed by atoms with Gasteiger partial charge in [-0.15, -0.1) is 0 Å². The highest BCUT2D eigenvalue weighted by molar-refractivity contribution is 7.91. The molecule has 5 heteroatoms. The van der Waals surface area contributed by atoms with Crippen LogP contribution in [-0.2, 0) is 9.84 Å². The predicted octanol–water partition coefficient (Wildman–Crippen LogP) is 5.78. The molecule has 0 amide bonds.